The van der Waals surface area contributed by atoms with Gasteiger partial charge in [-0.25, -0.2) is 0 Å². The van der Waals surface area contributed by atoms with Crippen LogP contribution in [0.5, 0.6) is 0 Å². The normalized spacial score (nSPS) is 11.8. The van der Waals surface area contributed by atoms with Crippen LogP contribution >= 0.6 is 11.8 Å². The highest BCUT2D eigenvalue weighted by atomic mass is 32.2. The Balaban J connectivity index is 2.24. The van der Waals surface area contributed by atoms with E-state index in [4.69, 9.17) is 0 Å². The van der Waals surface area contributed by atoms with Gasteiger partial charge in [0.25, 0.3) is 0 Å². The molecule has 20 heavy (non-hydrogen) atoms. The van der Waals surface area contributed by atoms with Crippen LogP contribution in [0.2, 0.25) is 0 Å². The van der Waals surface area contributed by atoms with E-state index in [9.17, 15) is 9.59 Å². The third-order valence-electron chi connectivity index (χ3n) is 2.85. The van der Waals surface area contributed by atoms with Crippen molar-refractivity contribution in [3.05, 3.63) is 35.9 Å². The zero-order valence-electron chi connectivity index (χ0n) is 12.3. The highest BCUT2D eigenvalue weighted by molar-refractivity contribution is 7.99. The second kappa shape index (κ2) is 8.64. The van der Waals surface area contributed by atoms with Crippen molar-refractivity contribution in [1.29, 1.82) is 0 Å². The molecule has 1 N–H and O–H groups in total. The summed E-state index contributed by atoms with van der Waals surface area (Å²) in [5, 5.41) is 2.68. The van der Waals surface area contributed by atoms with Gasteiger partial charge in [0.15, 0.2) is 0 Å². The summed E-state index contributed by atoms with van der Waals surface area (Å²) < 4.78 is 0. The first-order valence-electron chi connectivity index (χ1n) is 6.64. The maximum absolute atomic E-state index is 11.9. The van der Waals surface area contributed by atoms with E-state index in [1.165, 1.54) is 10.5 Å². The van der Waals surface area contributed by atoms with Crippen molar-refractivity contribution < 1.29 is 9.59 Å². The van der Waals surface area contributed by atoms with E-state index in [2.05, 4.69) is 5.32 Å². The summed E-state index contributed by atoms with van der Waals surface area (Å²) in [6.07, 6.45) is 0.342. The van der Waals surface area contributed by atoms with Gasteiger partial charge in [-0.2, -0.15) is 0 Å². The third-order valence-corrected chi connectivity index (χ3v) is 4.06. The monoisotopic (exact) mass is 294 g/mol. The number of rotatable bonds is 7. The lowest BCUT2D eigenvalue weighted by Gasteiger charge is -2.13. The van der Waals surface area contributed by atoms with E-state index in [0.29, 0.717) is 13.0 Å². The van der Waals surface area contributed by atoms with Gasteiger partial charge >= 0.3 is 0 Å². The first-order valence-corrected chi connectivity index (χ1v) is 7.69. The first-order chi connectivity index (χ1) is 9.50. The van der Waals surface area contributed by atoms with Gasteiger partial charge in [-0.1, -0.05) is 30.3 Å². The summed E-state index contributed by atoms with van der Waals surface area (Å²) in [5.74, 6) is 0.818. The Morgan fingerprint density at radius 1 is 1.25 bits per heavy atom. The van der Waals surface area contributed by atoms with Gasteiger partial charge in [0.1, 0.15) is 0 Å². The predicted octanol–water partition coefficient (Wildman–Crippen LogP) is 1.90. The van der Waals surface area contributed by atoms with Gasteiger partial charge in [-0.3, -0.25) is 9.59 Å². The smallest absolute Gasteiger partial charge is 0.232 e. The van der Waals surface area contributed by atoms with Gasteiger partial charge in [0.2, 0.25) is 11.8 Å². The van der Waals surface area contributed by atoms with Crippen LogP contribution in [-0.4, -0.2) is 42.6 Å². The molecule has 5 heteroatoms. The number of benzene rings is 1. The molecule has 0 saturated heterocycles. The molecule has 0 aliphatic heterocycles. The van der Waals surface area contributed by atoms with Crippen LogP contribution in [0.15, 0.2) is 30.3 Å². The van der Waals surface area contributed by atoms with E-state index in [-0.39, 0.29) is 17.1 Å². The van der Waals surface area contributed by atoms with Crippen molar-refractivity contribution >= 4 is 23.6 Å². The fraction of sp³-hybridized carbons (Fsp3) is 0.467. The lowest BCUT2D eigenvalue weighted by molar-refractivity contribution is -0.128. The molecule has 0 aliphatic carbocycles. The van der Waals surface area contributed by atoms with E-state index >= 15 is 0 Å². The zero-order valence-corrected chi connectivity index (χ0v) is 13.1. The van der Waals surface area contributed by atoms with Crippen LogP contribution in [0.3, 0.4) is 0 Å². The maximum Gasteiger partial charge on any atom is 0.232 e. The molecular weight excluding hydrogens is 272 g/mol. The minimum Gasteiger partial charge on any atom is -0.355 e. The summed E-state index contributed by atoms with van der Waals surface area (Å²) in [5.41, 5.74) is 1.21. The lowest BCUT2D eigenvalue weighted by atomic mass is 10.2. The third kappa shape index (κ3) is 6.10. The summed E-state index contributed by atoms with van der Waals surface area (Å²) in [6.45, 7) is 2.28. The van der Waals surface area contributed by atoms with Crippen molar-refractivity contribution in [1.82, 2.24) is 10.2 Å². The number of carbonyl (C=O) groups is 2. The Bertz CT molecular complexity index is 435. The molecule has 0 fully saturated rings. The molecule has 110 valence electrons. The van der Waals surface area contributed by atoms with Crippen molar-refractivity contribution in [2.75, 3.05) is 20.6 Å². The molecule has 0 aromatic heterocycles. The van der Waals surface area contributed by atoms with Crippen molar-refractivity contribution in [3.8, 4) is 0 Å². The standard InChI is InChI=1S/C15H22N2O2S/c1-12(20-11-13-7-5-4-6-8-13)15(19)16-10-9-14(18)17(2)3/h4-8,12H,9-11H2,1-3H3,(H,16,19). The van der Waals surface area contributed by atoms with Crippen LogP contribution in [0.4, 0.5) is 0 Å². The SMILES string of the molecule is CC(SCc1ccccc1)C(=O)NCCC(=O)N(C)C. The van der Waals surface area contributed by atoms with Crippen molar-refractivity contribution in [3.63, 3.8) is 0 Å². The molecular formula is C15H22N2O2S. The second-order valence-electron chi connectivity index (χ2n) is 4.77. The molecule has 0 saturated carbocycles. The summed E-state index contributed by atoms with van der Waals surface area (Å²) in [7, 11) is 3.42. The van der Waals surface area contributed by atoms with Gasteiger partial charge in [0, 0.05) is 32.8 Å². The number of nitrogens with one attached hydrogen (secondary N) is 1. The van der Waals surface area contributed by atoms with Gasteiger partial charge in [-0.05, 0) is 12.5 Å². The van der Waals surface area contributed by atoms with E-state index in [0.717, 1.165) is 5.75 Å². The first kappa shape index (κ1) is 16.6. The minimum atomic E-state index is -0.121. The Labute approximate surface area is 124 Å². The Kier molecular flexibility index (Phi) is 7.15. The fourth-order valence-corrected chi connectivity index (χ4v) is 2.40. The number of carbonyl (C=O) groups excluding carboxylic acids is 2. The Morgan fingerprint density at radius 3 is 2.50 bits per heavy atom. The molecule has 1 aromatic carbocycles. The number of amides is 2. The van der Waals surface area contributed by atoms with Crippen molar-refractivity contribution in [2.45, 2.75) is 24.3 Å². The molecule has 4 nitrogen and oxygen atoms in total. The molecule has 0 heterocycles. The highest BCUT2D eigenvalue weighted by Crippen LogP contribution is 2.17. The zero-order chi connectivity index (χ0) is 15.0. The summed E-state index contributed by atoms with van der Waals surface area (Å²) in [6, 6.07) is 10.1. The highest BCUT2D eigenvalue weighted by Gasteiger charge is 2.13. The largest absolute Gasteiger partial charge is 0.355 e. The lowest BCUT2D eigenvalue weighted by Crippen LogP contribution is -2.34. The van der Waals surface area contributed by atoms with Gasteiger partial charge in [0.05, 0.1) is 5.25 Å². The molecule has 1 aromatic rings. The van der Waals surface area contributed by atoms with Crippen LogP contribution < -0.4 is 5.32 Å². The van der Waals surface area contributed by atoms with Crippen LogP contribution in [0.1, 0.15) is 18.9 Å². The molecule has 0 aliphatic rings. The minimum absolute atomic E-state index is 0.0162. The quantitative estimate of drug-likeness (QED) is 0.835. The maximum atomic E-state index is 11.9. The Morgan fingerprint density at radius 2 is 1.90 bits per heavy atom. The predicted molar refractivity (Wildman–Crippen MR) is 83.5 cm³/mol. The fourth-order valence-electron chi connectivity index (χ4n) is 1.53. The summed E-state index contributed by atoms with van der Waals surface area (Å²) >= 11 is 1.60. The molecule has 1 rings (SSSR count). The van der Waals surface area contributed by atoms with E-state index in [1.807, 2.05) is 37.3 Å². The second-order valence-corrected chi connectivity index (χ2v) is 6.10. The topological polar surface area (TPSA) is 49.4 Å². The molecule has 0 spiro atoms. The number of hydrogen-bond donors (Lipinski definition) is 1. The Hall–Kier alpha value is -1.49. The number of thioether (sulfide) groups is 1. The van der Waals surface area contributed by atoms with E-state index < -0.39 is 0 Å². The molecule has 0 radical (unpaired) electrons. The molecule has 0 bridgehead atoms. The van der Waals surface area contributed by atoms with Crippen LogP contribution in [-0.2, 0) is 15.3 Å². The molecule has 2 amide bonds. The van der Waals surface area contributed by atoms with Gasteiger partial charge < -0.3 is 10.2 Å². The number of nitrogens with zero attached hydrogens (tertiary/aromatic N) is 1. The molecule has 1 unspecified atom stereocenters. The number of hydrogen-bond acceptors (Lipinski definition) is 3. The van der Waals surface area contributed by atoms with E-state index in [1.54, 1.807) is 25.9 Å². The molecule has 1 atom stereocenters. The van der Waals surface area contributed by atoms with Crippen LogP contribution in [0, 0.1) is 0 Å². The van der Waals surface area contributed by atoms with Gasteiger partial charge in [-0.15, -0.1) is 11.8 Å². The average molecular weight is 294 g/mol. The van der Waals surface area contributed by atoms with Crippen LogP contribution in [0.25, 0.3) is 0 Å². The summed E-state index contributed by atoms with van der Waals surface area (Å²) in [4.78, 5) is 24.8. The van der Waals surface area contributed by atoms with Crippen molar-refractivity contribution in [2.24, 2.45) is 0 Å². The average Bonchev–Trinajstić information content (AvgIpc) is 2.45.